The van der Waals surface area contributed by atoms with Crippen LogP contribution in [0.3, 0.4) is 0 Å². The van der Waals surface area contributed by atoms with Crippen LogP contribution in [0, 0.1) is 5.92 Å². The van der Waals surface area contributed by atoms with Crippen molar-refractivity contribution in [2.24, 2.45) is 11.7 Å². The quantitative estimate of drug-likeness (QED) is 0.799. The van der Waals surface area contributed by atoms with Gasteiger partial charge in [0.25, 0.3) is 11.8 Å². The number of carbonyl (C=O) groups excluding carboxylic acids is 3. The van der Waals surface area contributed by atoms with Gasteiger partial charge in [-0.3, -0.25) is 14.4 Å². The molecular formula is C21H23N3O4. The van der Waals surface area contributed by atoms with Crippen molar-refractivity contribution in [1.82, 2.24) is 4.90 Å². The minimum absolute atomic E-state index is 0.170. The van der Waals surface area contributed by atoms with Crippen LogP contribution in [0.25, 0.3) is 0 Å². The summed E-state index contributed by atoms with van der Waals surface area (Å²) in [6.07, 6.45) is 1.13. The number of nitrogens with zero attached hydrogens (tertiary/aromatic N) is 1. The number of amides is 3. The number of carbonyl (C=O) groups is 3. The van der Waals surface area contributed by atoms with Gasteiger partial charge in [-0.05, 0) is 37.1 Å². The summed E-state index contributed by atoms with van der Waals surface area (Å²) in [7, 11) is 0. The van der Waals surface area contributed by atoms with Gasteiger partial charge in [-0.25, -0.2) is 0 Å². The summed E-state index contributed by atoms with van der Waals surface area (Å²) in [6, 6.07) is 15.9. The van der Waals surface area contributed by atoms with Gasteiger partial charge in [0.1, 0.15) is 5.75 Å². The first-order valence-electron chi connectivity index (χ1n) is 9.20. The molecule has 7 nitrogen and oxygen atoms in total. The molecule has 0 atom stereocenters. The molecule has 2 aromatic rings. The van der Waals surface area contributed by atoms with Crippen molar-refractivity contribution >= 4 is 23.4 Å². The summed E-state index contributed by atoms with van der Waals surface area (Å²) in [5.74, 6) is -0.636. The fraction of sp³-hybridized carbons (Fsp3) is 0.286. The van der Waals surface area contributed by atoms with Gasteiger partial charge in [-0.1, -0.05) is 30.3 Å². The van der Waals surface area contributed by atoms with Crippen LogP contribution in [0.2, 0.25) is 0 Å². The summed E-state index contributed by atoms with van der Waals surface area (Å²) in [5, 5.41) is 2.81. The molecule has 146 valence electrons. The number of ether oxygens (including phenoxy) is 1. The smallest absolute Gasteiger partial charge is 0.260 e. The topological polar surface area (TPSA) is 102 Å². The molecule has 3 N–H and O–H groups in total. The summed E-state index contributed by atoms with van der Waals surface area (Å²) in [5.41, 5.74) is 6.35. The third-order valence-corrected chi connectivity index (χ3v) is 4.76. The number of anilines is 1. The first kappa shape index (κ1) is 19.4. The second-order valence-corrected chi connectivity index (χ2v) is 6.66. The third kappa shape index (κ3) is 4.88. The van der Waals surface area contributed by atoms with Crippen molar-refractivity contribution < 1.29 is 19.1 Å². The first-order valence-corrected chi connectivity index (χ1v) is 9.20. The van der Waals surface area contributed by atoms with Gasteiger partial charge >= 0.3 is 0 Å². The molecule has 2 aromatic carbocycles. The lowest BCUT2D eigenvalue weighted by Gasteiger charge is -2.30. The van der Waals surface area contributed by atoms with Crippen molar-refractivity contribution in [3.63, 3.8) is 0 Å². The van der Waals surface area contributed by atoms with E-state index in [2.05, 4.69) is 5.32 Å². The molecule has 1 aliphatic rings. The number of nitrogens with one attached hydrogen (secondary N) is 1. The summed E-state index contributed by atoms with van der Waals surface area (Å²) in [4.78, 5) is 37.8. The summed E-state index contributed by atoms with van der Waals surface area (Å²) >= 11 is 0. The van der Waals surface area contributed by atoms with Crippen molar-refractivity contribution in [3.05, 3.63) is 60.2 Å². The first-order chi connectivity index (χ1) is 13.5. The Balaban J connectivity index is 1.58. The highest BCUT2D eigenvalue weighted by atomic mass is 16.5. The van der Waals surface area contributed by atoms with E-state index in [4.69, 9.17) is 10.5 Å². The van der Waals surface area contributed by atoms with E-state index in [0.29, 0.717) is 42.9 Å². The SMILES string of the molecule is NC(=O)C1CCN(C(=O)COc2ccccc2C(=O)Nc2ccccc2)CC1. The highest BCUT2D eigenvalue weighted by Crippen LogP contribution is 2.21. The number of benzene rings is 2. The van der Waals surface area contributed by atoms with Crippen molar-refractivity contribution in [2.75, 3.05) is 25.0 Å². The Morgan fingerprint density at radius 1 is 1.00 bits per heavy atom. The van der Waals surface area contributed by atoms with E-state index in [1.807, 2.05) is 18.2 Å². The van der Waals surface area contributed by atoms with Gasteiger partial charge in [0, 0.05) is 24.7 Å². The van der Waals surface area contributed by atoms with Crippen LogP contribution in [0.15, 0.2) is 54.6 Å². The molecule has 0 aromatic heterocycles. The molecule has 0 unspecified atom stereocenters. The van der Waals surface area contributed by atoms with Crippen molar-refractivity contribution in [3.8, 4) is 5.75 Å². The number of hydrogen-bond acceptors (Lipinski definition) is 4. The van der Waals surface area contributed by atoms with Crippen molar-refractivity contribution in [2.45, 2.75) is 12.8 Å². The third-order valence-electron chi connectivity index (χ3n) is 4.76. The number of para-hydroxylation sites is 2. The van der Waals surface area contributed by atoms with Gasteiger partial charge in [-0.15, -0.1) is 0 Å². The molecule has 0 spiro atoms. The molecule has 1 saturated heterocycles. The zero-order chi connectivity index (χ0) is 19.9. The number of nitrogens with two attached hydrogens (primary N) is 1. The van der Waals surface area contributed by atoms with Crippen LogP contribution in [0.4, 0.5) is 5.69 Å². The fourth-order valence-corrected chi connectivity index (χ4v) is 3.14. The highest BCUT2D eigenvalue weighted by Gasteiger charge is 2.26. The lowest BCUT2D eigenvalue weighted by Crippen LogP contribution is -2.43. The summed E-state index contributed by atoms with van der Waals surface area (Å²) in [6.45, 7) is 0.786. The Labute approximate surface area is 163 Å². The van der Waals surface area contributed by atoms with Gasteiger partial charge < -0.3 is 20.7 Å². The number of hydrogen-bond donors (Lipinski definition) is 2. The Morgan fingerprint density at radius 2 is 1.64 bits per heavy atom. The maximum atomic E-state index is 12.6. The normalized spacial score (nSPS) is 14.4. The fourth-order valence-electron chi connectivity index (χ4n) is 3.14. The number of piperidine rings is 1. The minimum atomic E-state index is -0.318. The molecule has 1 heterocycles. The Hall–Kier alpha value is -3.35. The van der Waals surface area contributed by atoms with E-state index in [1.165, 1.54) is 0 Å². The highest BCUT2D eigenvalue weighted by molar-refractivity contribution is 6.06. The monoisotopic (exact) mass is 381 g/mol. The standard InChI is InChI=1S/C21H23N3O4/c22-20(26)15-10-12-24(13-11-15)19(25)14-28-18-9-5-4-8-17(18)21(27)23-16-6-2-1-3-7-16/h1-9,15H,10-14H2,(H2,22,26)(H,23,27). The molecule has 1 aliphatic heterocycles. The average Bonchev–Trinajstić information content (AvgIpc) is 2.73. The lowest BCUT2D eigenvalue weighted by atomic mass is 9.96. The molecule has 28 heavy (non-hydrogen) atoms. The zero-order valence-corrected chi connectivity index (χ0v) is 15.5. The largest absolute Gasteiger partial charge is 0.483 e. The van der Waals surface area contributed by atoms with E-state index in [1.54, 1.807) is 41.3 Å². The molecule has 0 aliphatic carbocycles. The molecule has 0 bridgehead atoms. The zero-order valence-electron chi connectivity index (χ0n) is 15.5. The van der Waals surface area contributed by atoms with Crippen LogP contribution in [-0.2, 0) is 9.59 Å². The van der Waals surface area contributed by atoms with Crippen LogP contribution in [0.5, 0.6) is 5.75 Å². The molecule has 3 amide bonds. The Bertz CT molecular complexity index is 846. The van der Waals surface area contributed by atoms with Gasteiger partial charge in [0.15, 0.2) is 6.61 Å². The molecule has 0 radical (unpaired) electrons. The molecule has 3 rings (SSSR count). The van der Waals surface area contributed by atoms with Crippen LogP contribution in [0.1, 0.15) is 23.2 Å². The second kappa shape index (κ2) is 9.03. The minimum Gasteiger partial charge on any atom is -0.483 e. The van der Waals surface area contributed by atoms with E-state index in [0.717, 1.165) is 0 Å². The molecule has 7 heteroatoms. The predicted molar refractivity (Wildman–Crippen MR) is 105 cm³/mol. The molecule has 1 fully saturated rings. The van der Waals surface area contributed by atoms with Gasteiger partial charge in [-0.2, -0.15) is 0 Å². The molecule has 0 saturated carbocycles. The lowest BCUT2D eigenvalue weighted by molar-refractivity contribution is -0.136. The average molecular weight is 381 g/mol. The Morgan fingerprint density at radius 3 is 2.32 bits per heavy atom. The number of primary amides is 1. The Kier molecular flexibility index (Phi) is 6.26. The van der Waals surface area contributed by atoms with E-state index < -0.39 is 0 Å². The maximum Gasteiger partial charge on any atom is 0.260 e. The second-order valence-electron chi connectivity index (χ2n) is 6.66. The van der Waals surface area contributed by atoms with Crippen molar-refractivity contribution in [1.29, 1.82) is 0 Å². The van der Waals surface area contributed by atoms with Gasteiger partial charge in [0.2, 0.25) is 5.91 Å². The van der Waals surface area contributed by atoms with Crippen LogP contribution in [-0.4, -0.2) is 42.3 Å². The predicted octanol–water partition coefficient (Wildman–Crippen LogP) is 2.04. The maximum absolute atomic E-state index is 12.6. The number of likely N-dealkylation sites (tertiary alicyclic amines) is 1. The van der Waals surface area contributed by atoms with Gasteiger partial charge in [0.05, 0.1) is 5.56 Å². The van der Waals surface area contributed by atoms with Crippen LogP contribution >= 0.6 is 0 Å². The molecular weight excluding hydrogens is 358 g/mol. The summed E-state index contributed by atoms with van der Waals surface area (Å²) < 4.78 is 5.64. The van der Waals surface area contributed by atoms with E-state index in [9.17, 15) is 14.4 Å². The number of rotatable bonds is 6. The van der Waals surface area contributed by atoms with Crippen LogP contribution < -0.4 is 15.8 Å². The van der Waals surface area contributed by atoms with E-state index in [-0.39, 0.29) is 30.2 Å². The van der Waals surface area contributed by atoms with E-state index >= 15 is 0 Å².